The van der Waals surface area contributed by atoms with E-state index in [1.54, 1.807) is 25.2 Å². The number of halogens is 3. The fourth-order valence-electron chi connectivity index (χ4n) is 2.02. The molecular formula is C13H9ClF2N4. The Morgan fingerprint density at radius 3 is 2.80 bits per heavy atom. The Morgan fingerprint density at radius 1 is 1.25 bits per heavy atom. The Bertz CT molecular complexity index is 785. The molecule has 0 radical (unpaired) electrons. The van der Waals surface area contributed by atoms with Crippen molar-refractivity contribution < 1.29 is 8.78 Å². The third-order valence-corrected chi connectivity index (χ3v) is 3.09. The molecule has 3 heterocycles. The molecule has 0 saturated heterocycles. The van der Waals surface area contributed by atoms with E-state index in [4.69, 9.17) is 11.6 Å². The molecule has 3 aromatic heterocycles. The van der Waals surface area contributed by atoms with Gasteiger partial charge in [0, 0.05) is 30.6 Å². The molecule has 0 saturated carbocycles. The molecule has 102 valence electrons. The third-order valence-electron chi connectivity index (χ3n) is 2.88. The SMILES string of the molecule is Cn1cc(-c2cnc3ccc(Cl)nc3c2)c(C(F)F)n1. The summed E-state index contributed by atoms with van der Waals surface area (Å²) in [5.41, 5.74) is 1.82. The molecule has 0 atom stereocenters. The van der Waals surface area contributed by atoms with E-state index in [9.17, 15) is 8.78 Å². The second-order valence-electron chi connectivity index (χ2n) is 4.30. The number of alkyl halides is 2. The van der Waals surface area contributed by atoms with Gasteiger partial charge in [0.05, 0.1) is 11.0 Å². The molecule has 0 aromatic carbocycles. The molecular weight excluding hydrogens is 286 g/mol. The largest absolute Gasteiger partial charge is 0.282 e. The maximum atomic E-state index is 13.0. The van der Waals surface area contributed by atoms with Gasteiger partial charge in [0.25, 0.3) is 6.43 Å². The first-order valence-corrected chi connectivity index (χ1v) is 6.17. The number of aromatic nitrogens is 4. The van der Waals surface area contributed by atoms with Crippen molar-refractivity contribution in [1.29, 1.82) is 0 Å². The van der Waals surface area contributed by atoms with Crippen molar-refractivity contribution >= 4 is 22.6 Å². The van der Waals surface area contributed by atoms with Crippen LogP contribution in [0.4, 0.5) is 8.78 Å². The molecule has 0 aliphatic carbocycles. The summed E-state index contributed by atoms with van der Waals surface area (Å²) in [7, 11) is 1.60. The predicted octanol–water partition coefficient (Wildman–Crippen LogP) is 3.62. The first-order valence-electron chi connectivity index (χ1n) is 5.79. The van der Waals surface area contributed by atoms with Crippen molar-refractivity contribution in [2.24, 2.45) is 7.05 Å². The van der Waals surface area contributed by atoms with Crippen LogP contribution in [-0.2, 0) is 7.05 Å². The monoisotopic (exact) mass is 294 g/mol. The second kappa shape index (κ2) is 4.79. The van der Waals surface area contributed by atoms with E-state index in [-0.39, 0.29) is 5.69 Å². The van der Waals surface area contributed by atoms with Gasteiger partial charge in [0.2, 0.25) is 0 Å². The third kappa shape index (κ3) is 2.22. The molecule has 0 amide bonds. The lowest BCUT2D eigenvalue weighted by Gasteiger charge is -2.03. The fourth-order valence-corrected chi connectivity index (χ4v) is 2.17. The Balaban J connectivity index is 2.19. The normalized spacial score (nSPS) is 11.4. The quantitative estimate of drug-likeness (QED) is 0.678. The predicted molar refractivity (Wildman–Crippen MR) is 71.7 cm³/mol. The van der Waals surface area contributed by atoms with Gasteiger partial charge < -0.3 is 0 Å². The summed E-state index contributed by atoms with van der Waals surface area (Å²) < 4.78 is 27.3. The van der Waals surface area contributed by atoms with Gasteiger partial charge >= 0.3 is 0 Å². The summed E-state index contributed by atoms with van der Waals surface area (Å²) in [6.07, 6.45) is 0.421. The topological polar surface area (TPSA) is 43.6 Å². The van der Waals surface area contributed by atoms with Crippen LogP contribution in [0.5, 0.6) is 0 Å². The minimum Gasteiger partial charge on any atom is -0.275 e. The van der Waals surface area contributed by atoms with E-state index in [2.05, 4.69) is 15.1 Å². The van der Waals surface area contributed by atoms with E-state index in [0.29, 0.717) is 27.3 Å². The maximum absolute atomic E-state index is 13.0. The van der Waals surface area contributed by atoms with Crippen LogP contribution in [0, 0.1) is 0 Å². The lowest BCUT2D eigenvalue weighted by molar-refractivity contribution is 0.146. The summed E-state index contributed by atoms with van der Waals surface area (Å²) in [5.74, 6) is 0. The van der Waals surface area contributed by atoms with E-state index in [1.165, 1.54) is 17.1 Å². The number of hydrogen-bond donors (Lipinski definition) is 0. The van der Waals surface area contributed by atoms with Crippen LogP contribution < -0.4 is 0 Å². The van der Waals surface area contributed by atoms with Crippen molar-refractivity contribution in [3.8, 4) is 11.1 Å². The molecule has 4 nitrogen and oxygen atoms in total. The molecule has 0 aliphatic heterocycles. The molecule has 3 aromatic rings. The molecule has 0 bridgehead atoms. The van der Waals surface area contributed by atoms with Gasteiger partial charge in [0.15, 0.2) is 0 Å². The average molecular weight is 295 g/mol. The number of rotatable bonds is 2. The van der Waals surface area contributed by atoms with Gasteiger partial charge in [-0.15, -0.1) is 0 Å². The second-order valence-corrected chi connectivity index (χ2v) is 4.69. The first kappa shape index (κ1) is 12.9. The van der Waals surface area contributed by atoms with Gasteiger partial charge in [0.1, 0.15) is 10.8 Å². The number of nitrogens with zero attached hydrogens (tertiary/aromatic N) is 4. The molecule has 0 spiro atoms. The van der Waals surface area contributed by atoms with Crippen LogP contribution in [0.3, 0.4) is 0 Å². The highest BCUT2D eigenvalue weighted by molar-refractivity contribution is 6.29. The zero-order valence-corrected chi connectivity index (χ0v) is 11.1. The molecule has 7 heteroatoms. The van der Waals surface area contributed by atoms with Crippen molar-refractivity contribution in [2.45, 2.75) is 6.43 Å². The van der Waals surface area contributed by atoms with Gasteiger partial charge in [-0.1, -0.05) is 11.6 Å². The zero-order valence-electron chi connectivity index (χ0n) is 10.4. The van der Waals surface area contributed by atoms with Crippen LogP contribution in [0.15, 0.2) is 30.6 Å². The van der Waals surface area contributed by atoms with Gasteiger partial charge in [-0.25, -0.2) is 13.8 Å². The molecule has 0 N–H and O–H groups in total. The number of fused-ring (bicyclic) bond motifs is 1. The van der Waals surface area contributed by atoms with Crippen molar-refractivity contribution in [1.82, 2.24) is 19.7 Å². The Hall–Kier alpha value is -2.08. The van der Waals surface area contributed by atoms with E-state index in [0.717, 1.165) is 0 Å². The Labute approximate surface area is 118 Å². The highest BCUT2D eigenvalue weighted by Gasteiger charge is 2.19. The summed E-state index contributed by atoms with van der Waals surface area (Å²) in [6.45, 7) is 0. The molecule has 20 heavy (non-hydrogen) atoms. The summed E-state index contributed by atoms with van der Waals surface area (Å²) in [4.78, 5) is 8.34. The first-order chi connectivity index (χ1) is 9.54. The van der Waals surface area contributed by atoms with Crippen LogP contribution in [-0.4, -0.2) is 19.7 Å². The number of aryl methyl sites for hydroxylation is 1. The van der Waals surface area contributed by atoms with Gasteiger partial charge in [-0.05, 0) is 18.2 Å². The highest BCUT2D eigenvalue weighted by Crippen LogP contribution is 2.30. The van der Waals surface area contributed by atoms with Crippen LogP contribution in [0.25, 0.3) is 22.2 Å². The summed E-state index contributed by atoms with van der Waals surface area (Å²) in [6, 6.07) is 5.04. The standard InChI is InChI=1S/C13H9ClF2N4/c1-20-6-8(12(19-20)13(15)16)7-4-10-9(17-5-7)2-3-11(14)18-10/h2-6,13H,1H3. The molecule has 0 fully saturated rings. The van der Waals surface area contributed by atoms with Crippen LogP contribution >= 0.6 is 11.6 Å². The zero-order chi connectivity index (χ0) is 14.3. The minimum absolute atomic E-state index is 0.268. The van der Waals surface area contributed by atoms with E-state index >= 15 is 0 Å². The molecule has 0 aliphatic rings. The number of hydrogen-bond acceptors (Lipinski definition) is 3. The highest BCUT2D eigenvalue weighted by atomic mass is 35.5. The van der Waals surface area contributed by atoms with Crippen molar-refractivity contribution in [3.05, 3.63) is 41.4 Å². The van der Waals surface area contributed by atoms with Crippen LogP contribution in [0.2, 0.25) is 5.15 Å². The Morgan fingerprint density at radius 2 is 2.05 bits per heavy atom. The summed E-state index contributed by atoms with van der Waals surface area (Å²) >= 11 is 5.83. The van der Waals surface area contributed by atoms with Crippen molar-refractivity contribution in [3.63, 3.8) is 0 Å². The van der Waals surface area contributed by atoms with Gasteiger partial charge in [-0.3, -0.25) is 9.67 Å². The smallest absolute Gasteiger partial charge is 0.275 e. The fraction of sp³-hybridized carbons (Fsp3) is 0.154. The Kier molecular flexibility index (Phi) is 3.10. The average Bonchev–Trinajstić information content (AvgIpc) is 2.80. The molecule has 0 unspecified atom stereocenters. The number of pyridine rings is 2. The lowest BCUT2D eigenvalue weighted by atomic mass is 10.1. The lowest BCUT2D eigenvalue weighted by Crippen LogP contribution is -1.92. The van der Waals surface area contributed by atoms with E-state index in [1.807, 2.05) is 0 Å². The van der Waals surface area contributed by atoms with Gasteiger partial charge in [-0.2, -0.15) is 5.10 Å². The van der Waals surface area contributed by atoms with Crippen LogP contribution in [0.1, 0.15) is 12.1 Å². The maximum Gasteiger partial charge on any atom is 0.282 e. The van der Waals surface area contributed by atoms with E-state index < -0.39 is 6.43 Å². The van der Waals surface area contributed by atoms with Crippen molar-refractivity contribution in [2.75, 3.05) is 0 Å². The summed E-state index contributed by atoms with van der Waals surface area (Å²) in [5, 5.41) is 4.11. The minimum atomic E-state index is -2.64. The molecule has 3 rings (SSSR count).